The van der Waals surface area contributed by atoms with E-state index >= 15 is 0 Å². The van der Waals surface area contributed by atoms with Gasteiger partial charge in [0.25, 0.3) is 5.91 Å². The molecule has 30 heavy (non-hydrogen) atoms. The van der Waals surface area contributed by atoms with E-state index in [4.69, 9.17) is 9.47 Å². The van der Waals surface area contributed by atoms with Crippen molar-refractivity contribution in [3.8, 4) is 11.5 Å². The van der Waals surface area contributed by atoms with Crippen LogP contribution in [0, 0.1) is 13.8 Å². The number of amides is 1. The maximum absolute atomic E-state index is 12.1. The molecule has 0 spiro atoms. The number of hydrogen-bond acceptors (Lipinski definition) is 4. The van der Waals surface area contributed by atoms with Crippen LogP contribution in [0.25, 0.3) is 0 Å². The van der Waals surface area contributed by atoms with Crippen LogP contribution in [0.3, 0.4) is 0 Å². The number of rotatable bonds is 8. The first-order chi connectivity index (χ1) is 14.5. The monoisotopic (exact) mass is 466 g/mol. The zero-order valence-electron chi connectivity index (χ0n) is 16.9. The van der Waals surface area contributed by atoms with Crippen molar-refractivity contribution in [2.24, 2.45) is 5.10 Å². The molecule has 0 saturated heterocycles. The Morgan fingerprint density at radius 1 is 1.00 bits per heavy atom. The molecule has 0 bridgehead atoms. The van der Waals surface area contributed by atoms with Gasteiger partial charge in [0.05, 0.1) is 6.21 Å². The van der Waals surface area contributed by atoms with Gasteiger partial charge in [0.1, 0.15) is 18.1 Å². The highest BCUT2D eigenvalue weighted by Gasteiger charge is 2.06. The lowest BCUT2D eigenvalue weighted by atomic mass is 10.1. The smallest absolute Gasteiger partial charge is 0.277 e. The third-order valence-electron chi connectivity index (χ3n) is 4.29. The Labute approximate surface area is 184 Å². The van der Waals surface area contributed by atoms with Gasteiger partial charge in [-0.15, -0.1) is 0 Å². The van der Waals surface area contributed by atoms with Crippen LogP contribution in [-0.4, -0.2) is 18.7 Å². The fraction of sp³-hybridized carbons (Fsp3) is 0.167. The quantitative estimate of drug-likeness (QED) is 0.367. The summed E-state index contributed by atoms with van der Waals surface area (Å²) < 4.78 is 12.4. The third-order valence-corrected chi connectivity index (χ3v) is 4.78. The molecule has 0 aliphatic carbocycles. The first kappa shape index (κ1) is 21.6. The van der Waals surface area contributed by atoms with Gasteiger partial charge in [-0.25, -0.2) is 5.43 Å². The van der Waals surface area contributed by atoms with E-state index in [9.17, 15) is 4.79 Å². The average Bonchev–Trinajstić information content (AvgIpc) is 2.73. The SMILES string of the molecule is Cc1ccc(OCC(=O)N/N=C/c2cc(Br)ccc2OCc2ccccc2)c(C)c1. The summed E-state index contributed by atoms with van der Waals surface area (Å²) in [5, 5.41) is 4.04. The van der Waals surface area contributed by atoms with Crippen LogP contribution in [0.15, 0.2) is 76.3 Å². The maximum Gasteiger partial charge on any atom is 0.277 e. The highest BCUT2D eigenvalue weighted by molar-refractivity contribution is 9.10. The predicted molar refractivity (Wildman–Crippen MR) is 122 cm³/mol. The molecule has 3 aromatic rings. The molecule has 0 saturated carbocycles. The lowest BCUT2D eigenvalue weighted by molar-refractivity contribution is -0.123. The van der Waals surface area contributed by atoms with Crippen LogP contribution < -0.4 is 14.9 Å². The van der Waals surface area contributed by atoms with E-state index < -0.39 is 0 Å². The zero-order chi connectivity index (χ0) is 21.3. The second-order valence-corrected chi connectivity index (χ2v) is 7.72. The van der Waals surface area contributed by atoms with Gasteiger partial charge in [0.2, 0.25) is 0 Å². The largest absolute Gasteiger partial charge is 0.488 e. The summed E-state index contributed by atoms with van der Waals surface area (Å²) in [4.78, 5) is 12.1. The normalized spacial score (nSPS) is 10.8. The van der Waals surface area contributed by atoms with E-state index in [-0.39, 0.29) is 12.5 Å². The molecule has 0 heterocycles. The molecule has 154 valence electrons. The minimum Gasteiger partial charge on any atom is -0.488 e. The summed E-state index contributed by atoms with van der Waals surface area (Å²) in [5.74, 6) is 1.02. The summed E-state index contributed by atoms with van der Waals surface area (Å²) in [6, 6.07) is 21.4. The van der Waals surface area contributed by atoms with Gasteiger partial charge in [-0.2, -0.15) is 5.10 Å². The number of hydrazone groups is 1. The van der Waals surface area contributed by atoms with Gasteiger partial charge in [0, 0.05) is 10.0 Å². The van der Waals surface area contributed by atoms with Crippen LogP contribution >= 0.6 is 15.9 Å². The summed E-state index contributed by atoms with van der Waals surface area (Å²) in [6.45, 7) is 4.29. The molecule has 6 heteroatoms. The number of carbonyl (C=O) groups is 1. The van der Waals surface area contributed by atoms with Gasteiger partial charge in [0.15, 0.2) is 6.61 Å². The second-order valence-electron chi connectivity index (χ2n) is 6.81. The van der Waals surface area contributed by atoms with Crippen molar-refractivity contribution in [3.05, 3.63) is 93.5 Å². The molecule has 3 aromatic carbocycles. The number of nitrogens with zero attached hydrogens (tertiary/aromatic N) is 1. The van der Waals surface area contributed by atoms with Gasteiger partial charge >= 0.3 is 0 Å². The Kier molecular flexibility index (Phi) is 7.63. The topological polar surface area (TPSA) is 59.9 Å². The molecule has 0 radical (unpaired) electrons. The summed E-state index contributed by atoms with van der Waals surface area (Å²) in [7, 11) is 0. The van der Waals surface area contributed by atoms with Gasteiger partial charge < -0.3 is 9.47 Å². The number of aryl methyl sites for hydroxylation is 2. The standard InChI is InChI=1S/C24H23BrN2O3/c1-17-8-10-22(18(2)12-17)30-16-24(28)27-26-14-20-13-21(25)9-11-23(20)29-15-19-6-4-3-5-7-19/h3-14H,15-16H2,1-2H3,(H,27,28)/b26-14+. The van der Waals surface area contributed by atoms with Gasteiger partial charge in [-0.05, 0) is 49.2 Å². The molecule has 3 rings (SSSR count). The summed E-state index contributed by atoms with van der Waals surface area (Å²) in [6.07, 6.45) is 1.56. The minimum atomic E-state index is -0.340. The first-order valence-corrected chi connectivity index (χ1v) is 10.3. The molecular weight excluding hydrogens is 444 g/mol. The van der Waals surface area contributed by atoms with Crippen molar-refractivity contribution in [1.82, 2.24) is 5.43 Å². The molecule has 0 aliphatic rings. The molecule has 0 fully saturated rings. The number of benzene rings is 3. The van der Waals surface area contributed by atoms with E-state index in [0.29, 0.717) is 18.1 Å². The van der Waals surface area contributed by atoms with Crippen molar-refractivity contribution >= 4 is 28.1 Å². The molecule has 0 aromatic heterocycles. The minimum absolute atomic E-state index is 0.114. The van der Waals surface area contributed by atoms with Crippen LogP contribution in [0.5, 0.6) is 11.5 Å². The van der Waals surface area contributed by atoms with Crippen molar-refractivity contribution in [3.63, 3.8) is 0 Å². The predicted octanol–water partition coefficient (Wildman–Crippen LogP) is 5.17. The van der Waals surface area contributed by atoms with Crippen molar-refractivity contribution in [2.75, 3.05) is 6.61 Å². The van der Waals surface area contributed by atoms with E-state index in [1.54, 1.807) is 6.21 Å². The fourth-order valence-electron chi connectivity index (χ4n) is 2.80. The average molecular weight is 467 g/mol. The third kappa shape index (κ3) is 6.46. The van der Waals surface area contributed by atoms with Gasteiger partial charge in [-0.3, -0.25) is 4.79 Å². The van der Waals surface area contributed by atoms with E-state index in [2.05, 4.69) is 26.5 Å². The number of halogens is 1. The summed E-state index contributed by atoms with van der Waals surface area (Å²) >= 11 is 3.45. The van der Waals surface area contributed by atoms with Gasteiger partial charge in [-0.1, -0.05) is 64.0 Å². The van der Waals surface area contributed by atoms with Crippen LogP contribution in [0.2, 0.25) is 0 Å². The summed E-state index contributed by atoms with van der Waals surface area (Å²) in [5.41, 5.74) is 6.44. The lowest BCUT2D eigenvalue weighted by Crippen LogP contribution is -2.24. The van der Waals surface area contributed by atoms with E-state index in [0.717, 1.165) is 26.7 Å². The lowest BCUT2D eigenvalue weighted by Gasteiger charge is -2.10. The number of hydrogen-bond donors (Lipinski definition) is 1. The number of nitrogens with one attached hydrogen (secondary N) is 1. The van der Waals surface area contributed by atoms with Crippen molar-refractivity contribution < 1.29 is 14.3 Å². The molecule has 1 N–H and O–H groups in total. The van der Waals surface area contributed by atoms with E-state index in [1.165, 1.54) is 0 Å². The van der Waals surface area contributed by atoms with E-state index in [1.807, 2.05) is 80.6 Å². The molecule has 1 amide bonds. The number of ether oxygens (including phenoxy) is 2. The van der Waals surface area contributed by atoms with Crippen LogP contribution in [0.1, 0.15) is 22.3 Å². The Morgan fingerprint density at radius 3 is 2.53 bits per heavy atom. The van der Waals surface area contributed by atoms with Crippen LogP contribution in [-0.2, 0) is 11.4 Å². The van der Waals surface area contributed by atoms with Crippen molar-refractivity contribution in [2.45, 2.75) is 20.5 Å². The van der Waals surface area contributed by atoms with Crippen LogP contribution in [0.4, 0.5) is 0 Å². The second kappa shape index (κ2) is 10.6. The fourth-order valence-corrected chi connectivity index (χ4v) is 3.18. The van der Waals surface area contributed by atoms with Crippen molar-refractivity contribution in [1.29, 1.82) is 0 Å². The highest BCUT2D eigenvalue weighted by atomic mass is 79.9. The zero-order valence-corrected chi connectivity index (χ0v) is 18.5. The molecule has 0 atom stereocenters. The first-order valence-electron chi connectivity index (χ1n) is 9.49. The Morgan fingerprint density at radius 2 is 1.77 bits per heavy atom. The molecule has 0 unspecified atom stereocenters. The Hall–Kier alpha value is -3.12. The maximum atomic E-state index is 12.1. The molecular formula is C24H23BrN2O3. The molecule has 5 nitrogen and oxygen atoms in total. The Balaban J connectivity index is 1.56. The number of carbonyl (C=O) groups excluding carboxylic acids is 1. The highest BCUT2D eigenvalue weighted by Crippen LogP contribution is 2.23. The Bertz CT molecular complexity index is 1040. The molecule has 0 aliphatic heterocycles.